The molecule has 6 heteroatoms. The van der Waals surface area contributed by atoms with Crippen molar-refractivity contribution in [3.05, 3.63) is 175 Å². The summed E-state index contributed by atoms with van der Waals surface area (Å²) in [5.41, 5.74) is 13.5. The van der Waals surface area contributed by atoms with Crippen molar-refractivity contribution in [3.8, 4) is 28.4 Å². The van der Waals surface area contributed by atoms with Crippen LogP contribution in [0.3, 0.4) is 0 Å². The summed E-state index contributed by atoms with van der Waals surface area (Å²) in [6, 6.07) is 52.9. The van der Waals surface area contributed by atoms with Crippen molar-refractivity contribution in [2.24, 2.45) is 0 Å². The van der Waals surface area contributed by atoms with Crippen LogP contribution in [-0.2, 0) is 42.7 Å². The third-order valence-corrected chi connectivity index (χ3v) is 12.3. The van der Waals surface area contributed by atoms with Crippen LogP contribution in [-0.4, -0.2) is 9.55 Å². The minimum atomic E-state index is -0.0900. The smallest absolute Gasteiger partial charge is 0.135 e. The van der Waals surface area contributed by atoms with Gasteiger partial charge < -0.3 is 19.1 Å². The average molecular weight is 1020 g/mol. The molecule has 0 spiro atoms. The summed E-state index contributed by atoms with van der Waals surface area (Å²) in [5.74, 6) is 2.07. The van der Waals surface area contributed by atoms with Crippen molar-refractivity contribution < 1.29 is 25.8 Å². The quantitative estimate of drug-likeness (QED) is 0.155. The molecule has 6 aromatic carbocycles. The fraction of sp³-hybridized carbons (Fsp3) is 0.276. The van der Waals surface area contributed by atoms with Crippen LogP contribution in [0.25, 0.3) is 38.8 Å². The first-order valence-corrected chi connectivity index (χ1v) is 22.2. The number of anilines is 4. The van der Waals surface area contributed by atoms with Gasteiger partial charge >= 0.3 is 0 Å². The number of rotatable bonds is 6. The maximum absolute atomic E-state index is 6.72. The predicted octanol–water partition coefficient (Wildman–Crippen LogP) is 15.8. The zero-order valence-corrected chi connectivity index (χ0v) is 41.6. The van der Waals surface area contributed by atoms with Gasteiger partial charge in [-0.2, -0.15) is 12.1 Å². The summed E-state index contributed by atoms with van der Waals surface area (Å²) >= 11 is 0. The predicted molar refractivity (Wildman–Crippen MR) is 264 cm³/mol. The molecule has 64 heavy (non-hydrogen) atoms. The van der Waals surface area contributed by atoms with E-state index in [1.54, 1.807) is 0 Å². The Kier molecular flexibility index (Phi) is 11.5. The molecular formula is C58H59N4OPt-3. The van der Waals surface area contributed by atoms with Gasteiger partial charge in [0.05, 0.1) is 0 Å². The minimum absolute atomic E-state index is 0. The summed E-state index contributed by atoms with van der Waals surface area (Å²) < 4.78 is 8.93. The number of pyridine rings is 1. The van der Waals surface area contributed by atoms with Crippen LogP contribution in [0.15, 0.2) is 134 Å². The second kappa shape index (κ2) is 16.4. The van der Waals surface area contributed by atoms with E-state index in [0.29, 0.717) is 11.5 Å². The summed E-state index contributed by atoms with van der Waals surface area (Å²) in [6.07, 6.45) is 1.91. The van der Waals surface area contributed by atoms with Crippen LogP contribution in [0.4, 0.5) is 22.7 Å². The monoisotopic (exact) mass is 1020 g/mol. The van der Waals surface area contributed by atoms with Crippen molar-refractivity contribution in [1.29, 1.82) is 0 Å². The SMILES string of the molecule is CC(C)(C)c1ccnc(-n2c3[c-]c(Oc4[c-]c(N5[CH-]N(c6cc(C(C)(C)C)ccc6-c6ccccc6)c6cc(C(C)(C)C)c(C(C)(C)C)cc65)ccc4)ccc3c3ccccc32)c1.[Pt]. The number of fused-ring (bicyclic) bond motifs is 4. The van der Waals surface area contributed by atoms with Crippen molar-refractivity contribution in [1.82, 2.24) is 9.55 Å². The molecule has 0 amide bonds. The second-order valence-electron chi connectivity index (χ2n) is 21.2. The number of ether oxygens (including phenoxy) is 1. The molecular weight excluding hydrogens is 964 g/mol. The Morgan fingerprint density at radius 1 is 0.516 bits per heavy atom. The molecule has 5 nitrogen and oxygen atoms in total. The van der Waals surface area contributed by atoms with Gasteiger partial charge in [0.1, 0.15) is 5.82 Å². The topological polar surface area (TPSA) is 33.5 Å². The molecule has 9 rings (SSSR count). The molecule has 2 aromatic heterocycles. The maximum atomic E-state index is 6.72. The van der Waals surface area contributed by atoms with Gasteiger partial charge in [-0.15, -0.1) is 48.1 Å². The van der Waals surface area contributed by atoms with E-state index in [4.69, 9.17) is 9.72 Å². The van der Waals surface area contributed by atoms with E-state index in [2.05, 4.69) is 232 Å². The van der Waals surface area contributed by atoms with E-state index in [0.717, 1.165) is 50.4 Å². The first-order chi connectivity index (χ1) is 29.8. The second-order valence-corrected chi connectivity index (χ2v) is 21.2. The molecule has 0 saturated heterocycles. The molecule has 0 aliphatic carbocycles. The van der Waals surface area contributed by atoms with Gasteiger partial charge in [-0.3, -0.25) is 0 Å². The first-order valence-electron chi connectivity index (χ1n) is 22.2. The Morgan fingerprint density at radius 2 is 1.14 bits per heavy atom. The van der Waals surface area contributed by atoms with Gasteiger partial charge in [0, 0.05) is 66.9 Å². The minimum Gasteiger partial charge on any atom is -0.509 e. The Hall–Kier alpha value is -5.64. The third-order valence-electron chi connectivity index (χ3n) is 12.3. The number of nitrogens with zero attached hydrogens (tertiary/aromatic N) is 4. The zero-order valence-electron chi connectivity index (χ0n) is 39.3. The number of para-hydroxylation sites is 1. The van der Waals surface area contributed by atoms with Gasteiger partial charge in [-0.05, 0) is 91.3 Å². The molecule has 0 saturated carbocycles. The molecule has 1 aliphatic rings. The summed E-state index contributed by atoms with van der Waals surface area (Å²) in [7, 11) is 0. The van der Waals surface area contributed by atoms with E-state index in [1.807, 2.05) is 18.3 Å². The van der Waals surface area contributed by atoms with Crippen LogP contribution in [0.1, 0.15) is 105 Å². The Bertz CT molecular complexity index is 3010. The van der Waals surface area contributed by atoms with Crippen molar-refractivity contribution in [2.75, 3.05) is 9.80 Å². The van der Waals surface area contributed by atoms with E-state index in [-0.39, 0.29) is 42.7 Å². The Balaban J connectivity index is 0.00000560. The van der Waals surface area contributed by atoms with Crippen molar-refractivity contribution in [3.63, 3.8) is 0 Å². The molecule has 1 aliphatic heterocycles. The van der Waals surface area contributed by atoms with Gasteiger partial charge in [0.25, 0.3) is 0 Å². The van der Waals surface area contributed by atoms with Crippen molar-refractivity contribution in [2.45, 2.75) is 105 Å². The number of aromatic nitrogens is 2. The van der Waals surface area contributed by atoms with Crippen LogP contribution >= 0.6 is 0 Å². The van der Waals surface area contributed by atoms with E-state index in [9.17, 15) is 0 Å². The molecule has 0 radical (unpaired) electrons. The van der Waals surface area contributed by atoms with Gasteiger partial charge in [-0.1, -0.05) is 149 Å². The van der Waals surface area contributed by atoms with Crippen LogP contribution in [0.2, 0.25) is 0 Å². The molecule has 8 aromatic rings. The third kappa shape index (κ3) is 8.40. The molecule has 0 fully saturated rings. The van der Waals surface area contributed by atoms with Gasteiger partial charge in [0.2, 0.25) is 0 Å². The number of hydrogen-bond acceptors (Lipinski definition) is 4. The van der Waals surface area contributed by atoms with E-state index in [1.165, 1.54) is 33.4 Å². The van der Waals surface area contributed by atoms with E-state index < -0.39 is 0 Å². The zero-order chi connectivity index (χ0) is 44.6. The fourth-order valence-electron chi connectivity index (χ4n) is 8.82. The summed E-state index contributed by atoms with van der Waals surface area (Å²) in [6.45, 7) is 29.7. The summed E-state index contributed by atoms with van der Waals surface area (Å²) in [5, 5.41) is 2.24. The van der Waals surface area contributed by atoms with E-state index >= 15 is 0 Å². The standard InChI is InChI=1S/C58H59N4O.Pt/c1-55(2,3)39-25-27-44(38-19-14-13-15-20-38)50(31-39)61-37-60(52-35-47(57(7,8)9)48(36-53(52)61)58(10,11)12)41-21-18-22-42(33-41)63-43-26-28-46-45-23-16-17-24-49(45)62(51(46)34-43)54-32-40(29-30-59-54)56(4,5)6;/h13-32,35-37H,1-12H3;/q-3;. The fourth-order valence-corrected chi connectivity index (χ4v) is 8.82. The Labute approximate surface area is 395 Å². The molecule has 0 N–H and O–H groups in total. The maximum Gasteiger partial charge on any atom is 0.135 e. The van der Waals surface area contributed by atoms with Crippen LogP contribution in [0.5, 0.6) is 11.5 Å². The Morgan fingerprint density at radius 3 is 1.81 bits per heavy atom. The van der Waals surface area contributed by atoms with Gasteiger partial charge in [0.15, 0.2) is 0 Å². The molecule has 0 unspecified atom stereocenters. The largest absolute Gasteiger partial charge is 0.509 e. The average Bonchev–Trinajstić information content (AvgIpc) is 3.78. The van der Waals surface area contributed by atoms with Crippen LogP contribution < -0.4 is 14.5 Å². The van der Waals surface area contributed by atoms with Gasteiger partial charge in [-0.25, -0.2) is 4.98 Å². The molecule has 3 heterocycles. The molecule has 0 atom stereocenters. The molecule has 330 valence electrons. The normalized spacial score (nSPS) is 13.4. The van der Waals surface area contributed by atoms with Crippen LogP contribution in [0, 0.1) is 18.8 Å². The number of benzene rings is 6. The summed E-state index contributed by atoms with van der Waals surface area (Å²) in [4.78, 5) is 9.54. The van der Waals surface area contributed by atoms with Crippen molar-refractivity contribution >= 4 is 44.6 Å². The first kappa shape index (κ1) is 44.9. The molecule has 0 bridgehead atoms. The number of hydrogen-bond donors (Lipinski definition) is 0.